The van der Waals surface area contributed by atoms with Gasteiger partial charge in [-0.05, 0) is 57.1 Å². The summed E-state index contributed by atoms with van der Waals surface area (Å²) in [6, 6.07) is 6.85. The van der Waals surface area contributed by atoms with Crippen molar-refractivity contribution in [2.45, 2.75) is 32.9 Å². The minimum Gasteiger partial charge on any atom is -0.489 e. The number of nitrogens with one attached hydrogen (secondary N) is 1. The van der Waals surface area contributed by atoms with Crippen molar-refractivity contribution in [1.29, 1.82) is 0 Å². The third kappa shape index (κ3) is 3.79. The van der Waals surface area contributed by atoms with Gasteiger partial charge in [-0.15, -0.1) is 0 Å². The van der Waals surface area contributed by atoms with Crippen molar-refractivity contribution in [2.75, 3.05) is 7.05 Å². The summed E-state index contributed by atoms with van der Waals surface area (Å²) in [5.74, 6) is 0.432. The smallest absolute Gasteiger partial charge is 0.138 e. The summed E-state index contributed by atoms with van der Waals surface area (Å²) in [7, 11) is 1.88. The highest BCUT2D eigenvalue weighted by molar-refractivity contribution is 5.68. The second-order valence-corrected chi connectivity index (χ2v) is 5.32. The molecule has 112 valence electrons. The molecule has 21 heavy (non-hydrogen) atoms. The Hall–Kier alpha value is -1.94. The Balaban J connectivity index is 2.47. The minimum absolute atomic E-state index is 0.0743. The van der Waals surface area contributed by atoms with Gasteiger partial charge in [0.2, 0.25) is 0 Å². The summed E-state index contributed by atoms with van der Waals surface area (Å²) in [6.45, 7) is 5.96. The molecule has 0 saturated heterocycles. The molecule has 0 aliphatic carbocycles. The number of hydrogen-bond donors (Lipinski definition) is 1. The quantitative estimate of drug-likeness (QED) is 0.904. The molecule has 0 fully saturated rings. The van der Waals surface area contributed by atoms with Crippen LogP contribution in [0.3, 0.4) is 0 Å². The van der Waals surface area contributed by atoms with Crippen LogP contribution < -0.4 is 10.1 Å². The number of aromatic nitrogens is 1. The lowest BCUT2D eigenvalue weighted by molar-refractivity contribution is 0.241. The summed E-state index contributed by atoms with van der Waals surface area (Å²) in [6.07, 6.45) is 3.47. The van der Waals surface area contributed by atoms with E-state index in [4.69, 9.17) is 4.74 Å². The molecule has 1 atom stereocenters. The molecule has 1 unspecified atom stereocenters. The fraction of sp³-hybridized carbons (Fsp3) is 0.353. The van der Waals surface area contributed by atoms with E-state index in [1.807, 2.05) is 40.0 Å². The van der Waals surface area contributed by atoms with E-state index in [-0.39, 0.29) is 18.0 Å². The van der Waals surface area contributed by atoms with Crippen molar-refractivity contribution >= 4 is 0 Å². The van der Waals surface area contributed by atoms with E-state index >= 15 is 0 Å². The van der Waals surface area contributed by atoms with Crippen LogP contribution in [0.4, 0.5) is 4.39 Å². The topological polar surface area (TPSA) is 34.2 Å². The van der Waals surface area contributed by atoms with E-state index in [1.165, 1.54) is 6.07 Å². The van der Waals surface area contributed by atoms with Crippen LogP contribution in [-0.2, 0) is 0 Å². The van der Waals surface area contributed by atoms with E-state index < -0.39 is 0 Å². The van der Waals surface area contributed by atoms with Gasteiger partial charge in [0, 0.05) is 17.8 Å². The summed E-state index contributed by atoms with van der Waals surface area (Å²) in [5.41, 5.74) is 2.71. The van der Waals surface area contributed by atoms with Gasteiger partial charge in [-0.1, -0.05) is 6.07 Å². The third-order valence-corrected chi connectivity index (χ3v) is 3.31. The van der Waals surface area contributed by atoms with Crippen LogP contribution in [-0.4, -0.2) is 18.1 Å². The predicted molar refractivity (Wildman–Crippen MR) is 82.9 cm³/mol. The highest BCUT2D eigenvalue weighted by Gasteiger charge is 2.13. The number of benzene rings is 1. The molecule has 0 spiro atoms. The Labute approximate surface area is 125 Å². The first-order valence-electron chi connectivity index (χ1n) is 7.10. The summed E-state index contributed by atoms with van der Waals surface area (Å²) < 4.78 is 19.3. The molecule has 2 aromatic rings. The molecule has 1 aromatic heterocycles. The molecule has 0 aliphatic heterocycles. The number of nitrogens with zero attached hydrogens (tertiary/aromatic N) is 1. The van der Waals surface area contributed by atoms with Crippen molar-refractivity contribution < 1.29 is 9.13 Å². The maximum Gasteiger partial charge on any atom is 0.138 e. The van der Waals surface area contributed by atoms with Gasteiger partial charge < -0.3 is 10.1 Å². The lowest BCUT2D eigenvalue weighted by atomic mass is 9.96. The monoisotopic (exact) mass is 288 g/mol. The first kappa shape index (κ1) is 15.4. The molecule has 0 radical (unpaired) electrons. The van der Waals surface area contributed by atoms with Gasteiger partial charge in [-0.25, -0.2) is 4.39 Å². The molecule has 0 saturated carbocycles. The summed E-state index contributed by atoms with van der Waals surface area (Å²) in [5, 5.41) is 3.18. The normalized spacial score (nSPS) is 12.5. The number of rotatable bonds is 5. The fourth-order valence-corrected chi connectivity index (χ4v) is 2.21. The Bertz CT molecular complexity index is 613. The van der Waals surface area contributed by atoms with E-state index in [2.05, 4.69) is 10.3 Å². The maximum absolute atomic E-state index is 13.6. The standard InChI is InChI=1S/C17H21FN2O/c1-11(2)21-15-7-13(9-20-10-15)17-8-14(18)5-6-16(17)12(3)19-4/h5-12,19H,1-4H3. The van der Waals surface area contributed by atoms with Crippen LogP contribution in [0, 0.1) is 5.82 Å². The van der Waals surface area contributed by atoms with Crippen LogP contribution in [0.2, 0.25) is 0 Å². The third-order valence-electron chi connectivity index (χ3n) is 3.31. The highest BCUT2D eigenvalue weighted by Crippen LogP contribution is 2.30. The average Bonchev–Trinajstić information content (AvgIpc) is 2.46. The Morgan fingerprint density at radius 2 is 1.90 bits per heavy atom. The molecule has 0 amide bonds. The Kier molecular flexibility index (Phi) is 4.91. The molecule has 3 nitrogen and oxygen atoms in total. The summed E-state index contributed by atoms with van der Waals surface area (Å²) >= 11 is 0. The van der Waals surface area contributed by atoms with Gasteiger partial charge in [0.1, 0.15) is 11.6 Å². The molecule has 0 aliphatic rings. The van der Waals surface area contributed by atoms with Crippen molar-refractivity contribution in [2.24, 2.45) is 0 Å². The van der Waals surface area contributed by atoms with E-state index in [9.17, 15) is 4.39 Å². The van der Waals surface area contributed by atoms with E-state index in [0.717, 1.165) is 16.7 Å². The number of hydrogen-bond acceptors (Lipinski definition) is 3. The fourth-order valence-electron chi connectivity index (χ4n) is 2.21. The molecular weight excluding hydrogens is 267 g/mol. The SMILES string of the molecule is CNC(C)c1ccc(F)cc1-c1cncc(OC(C)C)c1. The van der Waals surface area contributed by atoms with Gasteiger partial charge in [-0.2, -0.15) is 0 Å². The molecule has 1 heterocycles. The van der Waals surface area contributed by atoms with Gasteiger partial charge in [0.15, 0.2) is 0 Å². The van der Waals surface area contributed by atoms with Crippen LogP contribution in [0.25, 0.3) is 11.1 Å². The predicted octanol–water partition coefficient (Wildman–Crippen LogP) is 3.96. The zero-order chi connectivity index (χ0) is 15.4. The summed E-state index contributed by atoms with van der Waals surface area (Å²) in [4.78, 5) is 4.20. The molecule has 1 aromatic carbocycles. The number of halogens is 1. The highest BCUT2D eigenvalue weighted by atomic mass is 19.1. The minimum atomic E-state index is -0.257. The molecule has 4 heteroatoms. The lowest BCUT2D eigenvalue weighted by Gasteiger charge is -2.17. The van der Waals surface area contributed by atoms with Gasteiger partial charge in [-0.3, -0.25) is 4.98 Å². The molecular formula is C17H21FN2O. The Morgan fingerprint density at radius 1 is 1.14 bits per heavy atom. The average molecular weight is 288 g/mol. The molecule has 1 N–H and O–H groups in total. The second-order valence-electron chi connectivity index (χ2n) is 5.32. The van der Waals surface area contributed by atoms with Crippen LogP contribution in [0.1, 0.15) is 32.4 Å². The first-order valence-corrected chi connectivity index (χ1v) is 7.10. The van der Waals surface area contributed by atoms with Crippen LogP contribution in [0.15, 0.2) is 36.7 Å². The van der Waals surface area contributed by atoms with Crippen molar-refractivity contribution in [3.63, 3.8) is 0 Å². The second kappa shape index (κ2) is 6.68. The largest absolute Gasteiger partial charge is 0.489 e. The van der Waals surface area contributed by atoms with Crippen molar-refractivity contribution in [1.82, 2.24) is 10.3 Å². The van der Waals surface area contributed by atoms with Gasteiger partial charge in [0.05, 0.1) is 12.3 Å². The van der Waals surface area contributed by atoms with E-state index in [0.29, 0.717) is 5.75 Å². The zero-order valence-electron chi connectivity index (χ0n) is 12.9. The molecule has 0 bridgehead atoms. The first-order chi connectivity index (χ1) is 10.0. The van der Waals surface area contributed by atoms with E-state index in [1.54, 1.807) is 18.5 Å². The number of ether oxygens (including phenoxy) is 1. The van der Waals surface area contributed by atoms with Gasteiger partial charge >= 0.3 is 0 Å². The van der Waals surface area contributed by atoms with Crippen LogP contribution in [0.5, 0.6) is 5.75 Å². The van der Waals surface area contributed by atoms with Crippen LogP contribution >= 0.6 is 0 Å². The zero-order valence-corrected chi connectivity index (χ0v) is 12.9. The van der Waals surface area contributed by atoms with Crippen molar-refractivity contribution in [3.8, 4) is 16.9 Å². The lowest BCUT2D eigenvalue weighted by Crippen LogP contribution is -2.13. The maximum atomic E-state index is 13.6. The van der Waals surface area contributed by atoms with Gasteiger partial charge in [0.25, 0.3) is 0 Å². The van der Waals surface area contributed by atoms with Crippen molar-refractivity contribution in [3.05, 3.63) is 48.0 Å². The molecule has 2 rings (SSSR count). The Morgan fingerprint density at radius 3 is 2.57 bits per heavy atom. The number of pyridine rings is 1.